The van der Waals surface area contributed by atoms with E-state index in [1.165, 1.54) is 0 Å². The number of nitrogens with zero attached hydrogens (tertiary/aromatic N) is 4. The first-order chi connectivity index (χ1) is 17.2. The number of ether oxygens (including phenoxy) is 2. The van der Waals surface area contributed by atoms with Crippen molar-refractivity contribution < 1.29 is 28.6 Å². The molecule has 1 saturated carbocycles. The molecule has 11 heteroatoms. The zero-order chi connectivity index (χ0) is 25.7. The zero-order valence-corrected chi connectivity index (χ0v) is 20.1. The van der Waals surface area contributed by atoms with Gasteiger partial charge in [0.05, 0.1) is 23.6 Å². The highest BCUT2D eigenvalue weighted by Gasteiger charge is 2.44. The minimum absolute atomic E-state index is 0.0123. The summed E-state index contributed by atoms with van der Waals surface area (Å²) in [6.45, 7) is 2.03. The summed E-state index contributed by atoms with van der Waals surface area (Å²) in [4.78, 5) is 28.0. The van der Waals surface area contributed by atoms with E-state index >= 15 is 0 Å². The lowest BCUT2D eigenvalue weighted by atomic mass is 9.84. The molecule has 0 unspecified atom stereocenters. The lowest BCUT2D eigenvalue weighted by molar-refractivity contribution is -0.155. The van der Waals surface area contributed by atoms with E-state index in [1.54, 1.807) is 30.8 Å². The second-order valence-corrected chi connectivity index (χ2v) is 8.81. The topological polar surface area (TPSA) is 128 Å². The molecular formula is C25H28FN5O5. The fraction of sp³-hybridized carbons (Fsp3) is 0.400. The van der Waals surface area contributed by atoms with Gasteiger partial charge in [-0.15, -0.1) is 5.10 Å². The van der Waals surface area contributed by atoms with Crippen LogP contribution in [0.25, 0.3) is 11.4 Å². The van der Waals surface area contributed by atoms with Crippen LogP contribution in [0.3, 0.4) is 0 Å². The van der Waals surface area contributed by atoms with Crippen molar-refractivity contribution >= 4 is 12.1 Å². The van der Waals surface area contributed by atoms with Gasteiger partial charge < -0.3 is 19.9 Å². The number of carboxylic acid groups (broad SMARTS) is 1. The van der Waals surface area contributed by atoms with E-state index in [-0.39, 0.29) is 26.0 Å². The Bertz CT molecular complexity index is 1230. The van der Waals surface area contributed by atoms with Gasteiger partial charge in [0.25, 0.3) is 0 Å². The largest absolute Gasteiger partial charge is 0.488 e. The van der Waals surface area contributed by atoms with E-state index in [0.717, 1.165) is 5.56 Å². The Morgan fingerprint density at radius 2 is 2.03 bits per heavy atom. The van der Waals surface area contributed by atoms with Crippen LogP contribution in [0.1, 0.15) is 42.6 Å². The van der Waals surface area contributed by atoms with Crippen LogP contribution in [-0.2, 0) is 29.7 Å². The third kappa shape index (κ3) is 5.78. The van der Waals surface area contributed by atoms with Gasteiger partial charge in [0.2, 0.25) is 5.67 Å². The monoisotopic (exact) mass is 497 g/mol. The third-order valence-electron chi connectivity index (χ3n) is 6.16. The molecule has 1 aromatic carbocycles. The molecule has 2 aromatic heterocycles. The van der Waals surface area contributed by atoms with Gasteiger partial charge in [-0.05, 0) is 43.9 Å². The Morgan fingerprint density at radius 3 is 2.75 bits per heavy atom. The van der Waals surface area contributed by atoms with E-state index in [2.05, 4.69) is 20.6 Å². The molecule has 1 aliphatic rings. The summed E-state index contributed by atoms with van der Waals surface area (Å²) in [6.07, 6.45) is -0.339. The van der Waals surface area contributed by atoms with E-state index in [1.807, 2.05) is 30.3 Å². The SMILES string of the molecule is Cc1nc(-c2nnn(C)c2CNC(=O)OCc2ccccc2)ccc1O[C@@H]1CCC[C@@](F)(C(=O)O)C1. The van der Waals surface area contributed by atoms with E-state index in [4.69, 9.17) is 9.47 Å². The third-order valence-corrected chi connectivity index (χ3v) is 6.16. The Labute approximate surface area is 207 Å². The molecule has 1 amide bonds. The first-order valence-electron chi connectivity index (χ1n) is 11.7. The average Bonchev–Trinajstić information content (AvgIpc) is 3.23. The van der Waals surface area contributed by atoms with Crippen LogP contribution in [0.2, 0.25) is 0 Å². The van der Waals surface area contributed by atoms with Crippen molar-refractivity contribution in [3.63, 3.8) is 0 Å². The quantitative estimate of drug-likeness (QED) is 0.482. The molecule has 36 heavy (non-hydrogen) atoms. The smallest absolute Gasteiger partial charge is 0.407 e. The lowest BCUT2D eigenvalue weighted by Crippen LogP contribution is -2.42. The predicted molar refractivity (Wildman–Crippen MR) is 127 cm³/mol. The van der Waals surface area contributed by atoms with Crippen molar-refractivity contribution in [2.75, 3.05) is 0 Å². The van der Waals surface area contributed by atoms with Crippen LogP contribution >= 0.6 is 0 Å². The van der Waals surface area contributed by atoms with E-state index in [9.17, 15) is 19.1 Å². The molecule has 0 spiro atoms. The van der Waals surface area contributed by atoms with Crippen molar-refractivity contribution in [2.24, 2.45) is 7.05 Å². The van der Waals surface area contributed by atoms with Gasteiger partial charge in [-0.1, -0.05) is 35.5 Å². The second kappa shape index (κ2) is 10.7. The molecule has 0 aliphatic heterocycles. The van der Waals surface area contributed by atoms with Crippen LogP contribution < -0.4 is 10.1 Å². The molecule has 2 heterocycles. The molecule has 2 N–H and O–H groups in total. The number of carbonyl (C=O) groups excluding carboxylic acids is 1. The summed E-state index contributed by atoms with van der Waals surface area (Å²) < 4.78 is 27.3. The number of aliphatic carboxylic acids is 1. The summed E-state index contributed by atoms with van der Waals surface area (Å²) in [6, 6.07) is 12.8. The summed E-state index contributed by atoms with van der Waals surface area (Å²) in [5, 5.41) is 20.1. The van der Waals surface area contributed by atoms with Crippen molar-refractivity contribution in [3.8, 4) is 17.1 Å². The molecule has 190 valence electrons. The molecular weight excluding hydrogens is 469 g/mol. The maximum absolute atomic E-state index is 14.6. The molecule has 3 aromatic rings. The number of alkyl halides is 1. The van der Waals surface area contributed by atoms with Crippen LogP contribution in [0, 0.1) is 6.92 Å². The number of carboxylic acids is 1. The van der Waals surface area contributed by atoms with Gasteiger partial charge in [0.15, 0.2) is 0 Å². The Kier molecular flexibility index (Phi) is 7.47. The van der Waals surface area contributed by atoms with Crippen LogP contribution in [-0.4, -0.2) is 48.9 Å². The van der Waals surface area contributed by atoms with Gasteiger partial charge in [-0.3, -0.25) is 0 Å². The second-order valence-electron chi connectivity index (χ2n) is 8.81. The number of nitrogens with one attached hydrogen (secondary N) is 1. The number of halogens is 1. The Morgan fingerprint density at radius 1 is 1.25 bits per heavy atom. The lowest BCUT2D eigenvalue weighted by Gasteiger charge is -2.32. The number of rotatable bonds is 8. The zero-order valence-electron chi connectivity index (χ0n) is 20.1. The summed E-state index contributed by atoms with van der Waals surface area (Å²) in [7, 11) is 1.71. The summed E-state index contributed by atoms with van der Waals surface area (Å²) in [5.41, 5.74) is 0.797. The number of pyridine rings is 1. The molecule has 1 fully saturated rings. The standard InChI is InChI=1S/C25H28FN5O5/c1-16-21(36-18-9-6-12-25(26,13-18)23(32)33)11-10-19(28-16)22-20(31(2)30-29-22)14-27-24(34)35-15-17-7-4-3-5-8-17/h3-5,7-8,10-11,18H,6,9,12-15H2,1-2H3,(H,27,34)(H,32,33)/t18-,25+/m1/s1. The van der Waals surface area contributed by atoms with Gasteiger partial charge in [-0.25, -0.2) is 23.6 Å². The molecule has 4 rings (SSSR count). The maximum Gasteiger partial charge on any atom is 0.407 e. The molecule has 0 bridgehead atoms. The van der Waals surface area contributed by atoms with Crippen molar-refractivity contribution in [3.05, 3.63) is 59.4 Å². The minimum Gasteiger partial charge on any atom is -0.488 e. The van der Waals surface area contributed by atoms with Crippen molar-refractivity contribution in [1.82, 2.24) is 25.3 Å². The molecule has 1 aliphatic carbocycles. The number of hydrogen-bond acceptors (Lipinski definition) is 7. The highest BCUT2D eigenvalue weighted by atomic mass is 19.1. The van der Waals surface area contributed by atoms with Gasteiger partial charge >= 0.3 is 12.1 Å². The number of carbonyl (C=O) groups is 2. The number of benzene rings is 1. The highest BCUT2D eigenvalue weighted by Crippen LogP contribution is 2.35. The fourth-order valence-electron chi connectivity index (χ4n) is 4.16. The van der Waals surface area contributed by atoms with E-state index in [0.29, 0.717) is 41.4 Å². The van der Waals surface area contributed by atoms with Crippen molar-refractivity contribution in [1.29, 1.82) is 0 Å². The minimum atomic E-state index is -2.27. The average molecular weight is 498 g/mol. The van der Waals surface area contributed by atoms with Gasteiger partial charge in [-0.2, -0.15) is 0 Å². The first kappa shape index (κ1) is 25.1. The van der Waals surface area contributed by atoms with Crippen molar-refractivity contribution in [2.45, 2.75) is 57.5 Å². The van der Waals surface area contributed by atoms with Gasteiger partial charge in [0, 0.05) is 13.5 Å². The highest BCUT2D eigenvalue weighted by molar-refractivity contribution is 5.77. The Balaban J connectivity index is 1.40. The number of aromatic nitrogens is 4. The van der Waals surface area contributed by atoms with Gasteiger partial charge in [0.1, 0.15) is 24.2 Å². The number of alkyl carbamates (subject to hydrolysis) is 1. The molecule has 0 radical (unpaired) electrons. The summed E-state index contributed by atoms with van der Waals surface area (Å²) in [5.74, 6) is -1.000. The number of amides is 1. The molecule has 10 nitrogen and oxygen atoms in total. The molecule has 2 atom stereocenters. The molecule has 0 saturated heterocycles. The first-order valence-corrected chi connectivity index (χ1v) is 11.7. The number of hydrogen-bond donors (Lipinski definition) is 2. The van der Waals surface area contributed by atoms with E-state index < -0.39 is 23.8 Å². The number of aryl methyl sites for hydroxylation is 2. The maximum atomic E-state index is 14.6. The van der Waals surface area contributed by atoms with Crippen LogP contribution in [0.5, 0.6) is 5.75 Å². The summed E-state index contributed by atoms with van der Waals surface area (Å²) >= 11 is 0. The Hall–Kier alpha value is -4.02. The normalized spacial score (nSPS) is 19.5. The van der Waals surface area contributed by atoms with Crippen LogP contribution in [0.15, 0.2) is 42.5 Å². The van der Waals surface area contributed by atoms with Crippen LogP contribution in [0.4, 0.5) is 9.18 Å². The predicted octanol–water partition coefficient (Wildman–Crippen LogP) is 3.73. The fourth-order valence-corrected chi connectivity index (χ4v) is 4.16.